The number of alkyl halides is 4. The molecule has 0 bridgehead atoms. The maximum absolute atomic E-state index is 15.0. The summed E-state index contributed by atoms with van der Waals surface area (Å²) in [4.78, 5) is 4.63. The summed E-state index contributed by atoms with van der Waals surface area (Å²) in [7, 11) is 0. The van der Waals surface area contributed by atoms with Crippen LogP contribution in [0.3, 0.4) is 0 Å². The van der Waals surface area contributed by atoms with E-state index in [0.29, 0.717) is 42.5 Å². The van der Waals surface area contributed by atoms with Crippen molar-refractivity contribution in [2.75, 3.05) is 6.54 Å². The van der Waals surface area contributed by atoms with Crippen molar-refractivity contribution in [1.29, 1.82) is 0 Å². The van der Waals surface area contributed by atoms with E-state index in [-0.39, 0.29) is 23.5 Å². The third kappa shape index (κ3) is 7.36. The van der Waals surface area contributed by atoms with Gasteiger partial charge in [0.1, 0.15) is 11.5 Å². The second-order valence-electron chi connectivity index (χ2n) is 12.5. The lowest BCUT2D eigenvalue weighted by Crippen LogP contribution is -2.56. The molecule has 1 aromatic rings. The zero-order valence-electron chi connectivity index (χ0n) is 25.5. The number of hydrogen-bond acceptors (Lipinski definition) is 2. The Labute approximate surface area is 254 Å². The van der Waals surface area contributed by atoms with Crippen LogP contribution in [0, 0.1) is 11.7 Å². The van der Waals surface area contributed by atoms with E-state index in [1.54, 1.807) is 12.1 Å². The molecule has 236 valence electrons. The van der Waals surface area contributed by atoms with E-state index in [9.17, 15) is 22.0 Å². The van der Waals surface area contributed by atoms with E-state index in [2.05, 4.69) is 42.3 Å². The average molecular weight is 615 g/mol. The Bertz CT molecular complexity index is 1080. The van der Waals surface area contributed by atoms with Gasteiger partial charge in [0, 0.05) is 48.4 Å². The molecule has 0 amide bonds. The van der Waals surface area contributed by atoms with Gasteiger partial charge in [-0.25, -0.2) is 22.0 Å². The minimum atomic E-state index is -3.82. The summed E-state index contributed by atoms with van der Waals surface area (Å²) < 4.78 is 73.6. The van der Waals surface area contributed by atoms with Gasteiger partial charge in [0.15, 0.2) is 5.67 Å². The molecule has 0 aromatic heterocycles. The summed E-state index contributed by atoms with van der Waals surface area (Å²) >= 11 is 6.31. The smallest absolute Gasteiger partial charge is 0.285 e. The lowest BCUT2D eigenvalue weighted by atomic mass is 9.77. The first-order chi connectivity index (χ1) is 19.7. The van der Waals surface area contributed by atoms with Crippen molar-refractivity contribution >= 4 is 11.6 Å². The first-order valence-corrected chi connectivity index (χ1v) is 15.8. The Hall–Kier alpha value is -2.02. The molecular formula is C34H48ClF5N2. The molecule has 3 atom stereocenters. The summed E-state index contributed by atoms with van der Waals surface area (Å²) in [6.07, 6.45) is 14.2. The molecule has 2 nitrogen and oxygen atoms in total. The van der Waals surface area contributed by atoms with Gasteiger partial charge in [0.25, 0.3) is 5.92 Å². The van der Waals surface area contributed by atoms with Gasteiger partial charge in [0.2, 0.25) is 5.67 Å². The molecule has 8 heteroatoms. The van der Waals surface area contributed by atoms with Crippen LogP contribution in [0.2, 0.25) is 5.02 Å². The predicted molar refractivity (Wildman–Crippen MR) is 163 cm³/mol. The molecule has 1 aliphatic carbocycles. The Kier molecular flexibility index (Phi) is 11.6. The van der Waals surface area contributed by atoms with Crippen molar-refractivity contribution < 1.29 is 22.0 Å². The molecule has 0 N–H and O–H groups in total. The van der Waals surface area contributed by atoms with Crippen LogP contribution in [-0.2, 0) is 6.54 Å². The van der Waals surface area contributed by atoms with Gasteiger partial charge in [-0.3, -0.25) is 0 Å². The maximum Gasteiger partial charge on any atom is 0.285 e. The topological polar surface area (TPSA) is 6.48 Å². The first-order valence-electron chi connectivity index (χ1n) is 15.4. The number of benzene rings is 1. The molecular weight excluding hydrogens is 567 g/mol. The zero-order valence-corrected chi connectivity index (χ0v) is 26.3. The molecule has 3 rings (SSSR count). The van der Waals surface area contributed by atoms with E-state index in [4.69, 9.17) is 11.6 Å². The van der Waals surface area contributed by atoms with Crippen LogP contribution in [0.4, 0.5) is 22.0 Å². The monoisotopic (exact) mass is 614 g/mol. The number of unbranched alkanes of at least 4 members (excludes halogenated alkanes) is 8. The quantitative estimate of drug-likeness (QED) is 0.0869. The van der Waals surface area contributed by atoms with Crippen LogP contribution in [0.15, 0.2) is 55.4 Å². The highest BCUT2D eigenvalue weighted by Crippen LogP contribution is 2.50. The number of halogens is 6. The molecule has 1 aromatic carbocycles. The fraction of sp³-hybridized carbons (Fsp3) is 0.647. The zero-order chi connectivity index (χ0) is 31.2. The van der Waals surface area contributed by atoms with Crippen LogP contribution in [-0.4, -0.2) is 39.3 Å². The average Bonchev–Trinajstić information content (AvgIpc) is 3.74. The third-order valence-corrected chi connectivity index (χ3v) is 9.85. The van der Waals surface area contributed by atoms with Crippen LogP contribution >= 0.6 is 11.6 Å². The fourth-order valence-electron chi connectivity index (χ4n) is 6.23. The summed E-state index contributed by atoms with van der Waals surface area (Å²) in [6.45, 7) is 12.0. The van der Waals surface area contributed by atoms with Crippen molar-refractivity contribution in [3.8, 4) is 0 Å². The van der Waals surface area contributed by atoms with Gasteiger partial charge < -0.3 is 9.80 Å². The summed E-state index contributed by atoms with van der Waals surface area (Å²) in [6, 6.07) is 4.82. The largest absolute Gasteiger partial charge is 0.353 e. The summed E-state index contributed by atoms with van der Waals surface area (Å²) in [5.41, 5.74) is -6.34. The minimum Gasteiger partial charge on any atom is -0.353 e. The van der Waals surface area contributed by atoms with Crippen molar-refractivity contribution in [3.63, 3.8) is 0 Å². The molecule has 1 aliphatic heterocycles. The molecule has 1 heterocycles. The SMILES string of the molecule is C=CC(F)(C(=C)C)C(C)(F)C(F)(F)CCCCCCCCCCCN1C=CN(Cc2c(F)cccc2Cl)C1(C)C1CC1. The highest BCUT2D eigenvalue weighted by atomic mass is 35.5. The van der Waals surface area contributed by atoms with Gasteiger partial charge in [-0.2, -0.15) is 0 Å². The molecule has 1 saturated carbocycles. The van der Waals surface area contributed by atoms with Gasteiger partial charge >= 0.3 is 0 Å². The van der Waals surface area contributed by atoms with E-state index in [1.807, 2.05) is 0 Å². The highest BCUT2D eigenvalue weighted by molar-refractivity contribution is 6.31. The van der Waals surface area contributed by atoms with Gasteiger partial charge in [-0.1, -0.05) is 75.8 Å². The molecule has 1 fully saturated rings. The number of hydrogen-bond donors (Lipinski definition) is 0. The fourth-order valence-corrected chi connectivity index (χ4v) is 6.45. The Balaban J connectivity index is 1.31. The Morgan fingerprint density at radius 1 is 0.976 bits per heavy atom. The lowest BCUT2D eigenvalue weighted by molar-refractivity contribution is -0.176. The van der Waals surface area contributed by atoms with Crippen molar-refractivity contribution in [2.24, 2.45) is 5.92 Å². The van der Waals surface area contributed by atoms with Crippen LogP contribution < -0.4 is 0 Å². The van der Waals surface area contributed by atoms with Crippen molar-refractivity contribution in [1.82, 2.24) is 9.80 Å². The van der Waals surface area contributed by atoms with E-state index < -0.39 is 23.7 Å². The number of allylic oxidation sites excluding steroid dienone is 2. The molecule has 2 aliphatic rings. The second kappa shape index (κ2) is 14.2. The van der Waals surface area contributed by atoms with Crippen LogP contribution in [0.5, 0.6) is 0 Å². The van der Waals surface area contributed by atoms with Gasteiger partial charge in [0.05, 0.1) is 0 Å². The van der Waals surface area contributed by atoms with E-state index in [1.165, 1.54) is 25.8 Å². The number of rotatable bonds is 19. The highest BCUT2D eigenvalue weighted by Gasteiger charge is 2.63. The van der Waals surface area contributed by atoms with Gasteiger partial charge in [-0.15, -0.1) is 0 Å². The predicted octanol–water partition coefficient (Wildman–Crippen LogP) is 10.9. The molecule has 0 spiro atoms. The summed E-state index contributed by atoms with van der Waals surface area (Å²) in [5, 5.41) is 0.454. The lowest BCUT2D eigenvalue weighted by Gasteiger charge is -2.44. The third-order valence-electron chi connectivity index (χ3n) is 9.49. The number of nitrogens with zero attached hydrogens (tertiary/aromatic N) is 2. The van der Waals surface area contributed by atoms with Crippen molar-refractivity contribution in [2.45, 2.75) is 127 Å². The standard InChI is InChI=1S/C34H48ClF5N2/c1-6-33(38,26(2)3)32(5,37)34(39,40)21-14-12-10-8-7-9-11-13-15-22-41-23-24-42(31(41,4)27-19-20-27)25-28-29(35)17-16-18-30(28)36/h6,16-18,23-24,27H,1-2,7-15,19-22,25H2,3-5H3. The first kappa shape index (κ1) is 34.5. The Morgan fingerprint density at radius 2 is 1.52 bits per heavy atom. The van der Waals surface area contributed by atoms with E-state index in [0.717, 1.165) is 51.5 Å². The van der Waals surface area contributed by atoms with Gasteiger partial charge in [-0.05, 0) is 70.2 Å². The normalized spacial score (nSPS) is 21.8. The Morgan fingerprint density at radius 3 is 2.05 bits per heavy atom. The summed E-state index contributed by atoms with van der Waals surface area (Å²) in [5.74, 6) is -3.55. The molecule has 42 heavy (non-hydrogen) atoms. The second-order valence-corrected chi connectivity index (χ2v) is 12.9. The van der Waals surface area contributed by atoms with Crippen LogP contribution in [0.25, 0.3) is 0 Å². The molecule has 0 saturated heterocycles. The maximum atomic E-state index is 15.0. The molecule has 3 unspecified atom stereocenters. The minimum absolute atomic E-state index is 0.138. The van der Waals surface area contributed by atoms with Crippen molar-refractivity contribution in [3.05, 3.63) is 71.8 Å². The molecule has 0 radical (unpaired) electrons. The van der Waals surface area contributed by atoms with Crippen LogP contribution in [0.1, 0.15) is 103 Å². The van der Waals surface area contributed by atoms with E-state index >= 15 is 0 Å².